The van der Waals surface area contributed by atoms with Crippen LogP contribution >= 0.6 is 0 Å². The normalized spacial score (nSPS) is 10.9. The maximum Gasteiger partial charge on any atom is 0.410 e. The van der Waals surface area contributed by atoms with Gasteiger partial charge in [0.2, 0.25) is 0 Å². The van der Waals surface area contributed by atoms with Crippen molar-refractivity contribution in [3.8, 4) is 17.0 Å². The Hall–Kier alpha value is -3.81. The highest BCUT2D eigenvalue weighted by Gasteiger charge is 2.16. The van der Waals surface area contributed by atoms with Gasteiger partial charge in [0.05, 0.1) is 18.3 Å². The van der Waals surface area contributed by atoms with Gasteiger partial charge in [-0.05, 0) is 56.5 Å². The monoisotopic (exact) mass is 479 g/mol. The standard InChI is InChI=1S/C27H33N3O5/c1-19(2)35-27(33)29(4)18-23-17-24(12-10-21(23)11-13-26(31)32)34-15-14-30-20(3)16-25(28-30)22-8-6-5-7-9-22/h5-10,12,16-17,19H,11,13-15,18H2,1-4H3,(H,31,32). The highest BCUT2D eigenvalue weighted by molar-refractivity contribution is 5.68. The molecule has 0 fully saturated rings. The van der Waals surface area contributed by atoms with Crippen LogP contribution in [0.25, 0.3) is 11.3 Å². The van der Waals surface area contributed by atoms with Gasteiger partial charge in [0.1, 0.15) is 12.4 Å². The van der Waals surface area contributed by atoms with Crippen LogP contribution in [0, 0.1) is 6.92 Å². The second-order valence-electron chi connectivity index (χ2n) is 8.72. The van der Waals surface area contributed by atoms with E-state index in [4.69, 9.17) is 14.6 Å². The molecule has 3 rings (SSSR count). The highest BCUT2D eigenvalue weighted by atomic mass is 16.6. The number of carboxylic acid groups (broad SMARTS) is 1. The number of hydrogen-bond acceptors (Lipinski definition) is 5. The first kappa shape index (κ1) is 25.8. The number of ether oxygens (including phenoxy) is 2. The zero-order valence-electron chi connectivity index (χ0n) is 20.7. The smallest absolute Gasteiger partial charge is 0.410 e. The van der Waals surface area contributed by atoms with E-state index in [2.05, 4.69) is 11.2 Å². The van der Waals surface area contributed by atoms with Crippen LogP contribution in [-0.4, -0.2) is 51.6 Å². The molecule has 8 nitrogen and oxygen atoms in total. The zero-order chi connectivity index (χ0) is 25.4. The van der Waals surface area contributed by atoms with Gasteiger partial charge in [-0.15, -0.1) is 0 Å². The molecule has 1 amide bonds. The third kappa shape index (κ3) is 7.60. The van der Waals surface area contributed by atoms with Crippen LogP contribution in [0.5, 0.6) is 5.75 Å². The largest absolute Gasteiger partial charge is 0.492 e. The predicted molar refractivity (Wildman–Crippen MR) is 133 cm³/mol. The van der Waals surface area contributed by atoms with Gasteiger partial charge in [-0.25, -0.2) is 4.79 Å². The van der Waals surface area contributed by atoms with E-state index >= 15 is 0 Å². The number of nitrogens with zero attached hydrogens (tertiary/aromatic N) is 3. The fourth-order valence-electron chi connectivity index (χ4n) is 3.67. The van der Waals surface area contributed by atoms with Crippen molar-refractivity contribution in [2.45, 2.75) is 52.8 Å². The Morgan fingerprint density at radius 2 is 1.83 bits per heavy atom. The lowest BCUT2D eigenvalue weighted by molar-refractivity contribution is -0.136. The fourth-order valence-corrected chi connectivity index (χ4v) is 3.67. The molecule has 0 aliphatic rings. The van der Waals surface area contributed by atoms with Gasteiger partial charge in [-0.3, -0.25) is 9.48 Å². The second-order valence-corrected chi connectivity index (χ2v) is 8.72. The van der Waals surface area contributed by atoms with Crippen LogP contribution in [0.2, 0.25) is 0 Å². The minimum atomic E-state index is -0.867. The molecule has 186 valence electrons. The predicted octanol–water partition coefficient (Wildman–Crippen LogP) is 4.93. The summed E-state index contributed by atoms with van der Waals surface area (Å²) in [5, 5.41) is 13.8. The summed E-state index contributed by atoms with van der Waals surface area (Å²) >= 11 is 0. The van der Waals surface area contributed by atoms with E-state index in [0.29, 0.717) is 25.3 Å². The molecule has 1 N–H and O–H groups in total. The van der Waals surface area contributed by atoms with Crippen molar-refractivity contribution in [3.63, 3.8) is 0 Å². The molecule has 8 heteroatoms. The van der Waals surface area contributed by atoms with E-state index in [9.17, 15) is 9.59 Å². The summed E-state index contributed by atoms with van der Waals surface area (Å²) in [4.78, 5) is 24.8. The average molecular weight is 480 g/mol. The van der Waals surface area contributed by atoms with Crippen molar-refractivity contribution in [1.29, 1.82) is 0 Å². The third-order valence-electron chi connectivity index (χ3n) is 5.46. The number of carbonyl (C=O) groups is 2. The Morgan fingerprint density at radius 1 is 1.09 bits per heavy atom. The molecule has 0 saturated heterocycles. The number of aryl methyl sites for hydroxylation is 2. The SMILES string of the molecule is Cc1cc(-c2ccccc2)nn1CCOc1ccc(CCC(=O)O)c(CN(C)C(=O)OC(C)C)c1. The first-order chi connectivity index (χ1) is 16.7. The van der Waals surface area contributed by atoms with Crippen LogP contribution < -0.4 is 4.74 Å². The molecule has 0 bridgehead atoms. The summed E-state index contributed by atoms with van der Waals surface area (Å²) < 4.78 is 13.2. The second kappa shape index (κ2) is 12.1. The van der Waals surface area contributed by atoms with Gasteiger partial charge >= 0.3 is 12.1 Å². The Bertz CT molecular complexity index is 1140. The minimum absolute atomic E-state index is 0.00961. The van der Waals surface area contributed by atoms with Gasteiger partial charge < -0.3 is 19.5 Å². The number of aliphatic carboxylic acids is 1. The third-order valence-corrected chi connectivity index (χ3v) is 5.46. The molecular formula is C27H33N3O5. The maximum atomic E-state index is 12.3. The molecular weight excluding hydrogens is 446 g/mol. The minimum Gasteiger partial charge on any atom is -0.492 e. The number of hydrogen-bond donors (Lipinski definition) is 1. The van der Waals surface area contributed by atoms with Crippen molar-refractivity contribution >= 4 is 12.1 Å². The van der Waals surface area contributed by atoms with E-state index in [1.165, 1.54) is 4.90 Å². The summed E-state index contributed by atoms with van der Waals surface area (Å²) in [6.07, 6.45) is -0.277. The van der Waals surface area contributed by atoms with E-state index in [1.807, 2.05) is 60.1 Å². The van der Waals surface area contributed by atoms with Crippen LogP contribution in [0.4, 0.5) is 4.79 Å². The molecule has 0 spiro atoms. The number of benzene rings is 2. The number of aromatic nitrogens is 2. The molecule has 35 heavy (non-hydrogen) atoms. The van der Waals surface area contributed by atoms with E-state index in [-0.39, 0.29) is 19.1 Å². The molecule has 2 aromatic carbocycles. The molecule has 0 aliphatic carbocycles. The molecule has 0 saturated carbocycles. The zero-order valence-corrected chi connectivity index (χ0v) is 20.7. The number of carbonyl (C=O) groups excluding carboxylic acids is 1. The van der Waals surface area contributed by atoms with Gasteiger partial charge in [0.15, 0.2) is 0 Å². The Balaban J connectivity index is 1.68. The molecule has 0 radical (unpaired) electrons. The average Bonchev–Trinajstić information content (AvgIpc) is 3.19. The Labute approximate surface area is 206 Å². The molecule has 0 aliphatic heterocycles. The molecule has 1 heterocycles. The van der Waals surface area contributed by atoms with Gasteiger partial charge in [0.25, 0.3) is 0 Å². The van der Waals surface area contributed by atoms with Crippen LogP contribution in [-0.2, 0) is 29.0 Å². The first-order valence-electron chi connectivity index (χ1n) is 11.7. The molecule has 0 atom stereocenters. The summed E-state index contributed by atoms with van der Waals surface area (Å²) in [6, 6.07) is 17.6. The van der Waals surface area contributed by atoms with Crippen molar-refractivity contribution in [3.05, 3.63) is 71.4 Å². The highest BCUT2D eigenvalue weighted by Crippen LogP contribution is 2.22. The Kier molecular flexibility index (Phi) is 8.89. The summed E-state index contributed by atoms with van der Waals surface area (Å²) in [6.45, 7) is 6.88. The summed E-state index contributed by atoms with van der Waals surface area (Å²) in [5.41, 5.74) is 4.72. The van der Waals surface area contributed by atoms with Gasteiger partial charge in [-0.1, -0.05) is 36.4 Å². The molecule has 0 unspecified atom stereocenters. The fraction of sp³-hybridized carbons (Fsp3) is 0.370. The topological polar surface area (TPSA) is 93.9 Å². The van der Waals surface area contributed by atoms with Crippen LogP contribution in [0.15, 0.2) is 54.6 Å². The van der Waals surface area contributed by atoms with Crippen molar-refractivity contribution in [2.24, 2.45) is 0 Å². The molecule has 1 aromatic heterocycles. The van der Waals surface area contributed by atoms with Gasteiger partial charge in [-0.2, -0.15) is 5.10 Å². The molecule has 3 aromatic rings. The quantitative estimate of drug-likeness (QED) is 0.419. The van der Waals surface area contributed by atoms with Crippen molar-refractivity contribution in [1.82, 2.24) is 14.7 Å². The van der Waals surface area contributed by atoms with Crippen LogP contribution in [0.1, 0.15) is 37.1 Å². The van der Waals surface area contributed by atoms with E-state index in [1.54, 1.807) is 20.9 Å². The number of rotatable bonds is 11. The lowest BCUT2D eigenvalue weighted by Gasteiger charge is -2.21. The lowest BCUT2D eigenvalue weighted by Crippen LogP contribution is -2.29. The van der Waals surface area contributed by atoms with E-state index in [0.717, 1.165) is 28.1 Å². The first-order valence-corrected chi connectivity index (χ1v) is 11.7. The lowest BCUT2D eigenvalue weighted by atomic mass is 10.0. The maximum absolute atomic E-state index is 12.3. The van der Waals surface area contributed by atoms with Crippen molar-refractivity contribution in [2.75, 3.05) is 13.7 Å². The van der Waals surface area contributed by atoms with Crippen LogP contribution in [0.3, 0.4) is 0 Å². The summed E-state index contributed by atoms with van der Waals surface area (Å²) in [7, 11) is 1.66. The number of amides is 1. The summed E-state index contributed by atoms with van der Waals surface area (Å²) in [5.74, 6) is -0.217. The van der Waals surface area contributed by atoms with Gasteiger partial charge in [0, 0.05) is 31.3 Å². The number of carboxylic acids is 1. The van der Waals surface area contributed by atoms with E-state index < -0.39 is 12.1 Å². The Morgan fingerprint density at radius 3 is 2.51 bits per heavy atom. The van der Waals surface area contributed by atoms with Crippen molar-refractivity contribution < 1.29 is 24.2 Å².